The fourth-order valence-corrected chi connectivity index (χ4v) is 3.88. The van der Waals surface area contributed by atoms with Crippen molar-refractivity contribution < 1.29 is 5.11 Å². The summed E-state index contributed by atoms with van der Waals surface area (Å²) < 4.78 is 0. The standard InChI is InChI=1S/C16H19ClN6O/c17-12-5-20-16(21-6-12)23-8-10-3-13(14(24)4-11(10)9-23)22-15-7-18-1-2-19-15/h1-2,5-7,10-11,13-14,24H,3-4,8-9H2,(H,19,22)/t10-,11+,13-,14-/m1/s1. The highest BCUT2D eigenvalue weighted by molar-refractivity contribution is 6.30. The van der Waals surface area contributed by atoms with Crippen LogP contribution in [0.1, 0.15) is 12.8 Å². The van der Waals surface area contributed by atoms with Crippen molar-refractivity contribution in [1.29, 1.82) is 0 Å². The zero-order valence-corrected chi connectivity index (χ0v) is 13.8. The minimum Gasteiger partial charge on any atom is -0.391 e. The van der Waals surface area contributed by atoms with Gasteiger partial charge in [-0.3, -0.25) is 4.98 Å². The van der Waals surface area contributed by atoms with Gasteiger partial charge in [0.05, 0.1) is 35.8 Å². The summed E-state index contributed by atoms with van der Waals surface area (Å²) in [5, 5.41) is 14.3. The van der Waals surface area contributed by atoms with E-state index in [1.165, 1.54) is 0 Å². The first-order valence-electron chi connectivity index (χ1n) is 8.12. The van der Waals surface area contributed by atoms with E-state index in [1.807, 2.05) is 0 Å². The van der Waals surface area contributed by atoms with Gasteiger partial charge in [0.1, 0.15) is 5.82 Å². The Hall–Kier alpha value is -1.99. The van der Waals surface area contributed by atoms with Crippen molar-refractivity contribution in [2.24, 2.45) is 11.8 Å². The molecule has 8 heteroatoms. The lowest BCUT2D eigenvalue weighted by molar-refractivity contribution is 0.0737. The molecule has 1 aliphatic heterocycles. The Morgan fingerprint density at radius 3 is 2.50 bits per heavy atom. The van der Waals surface area contributed by atoms with E-state index >= 15 is 0 Å². The maximum atomic E-state index is 10.5. The first-order chi connectivity index (χ1) is 11.7. The van der Waals surface area contributed by atoms with Crippen molar-refractivity contribution >= 4 is 23.4 Å². The predicted octanol–water partition coefficient (Wildman–Crippen LogP) is 1.61. The van der Waals surface area contributed by atoms with Gasteiger partial charge in [0.25, 0.3) is 0 Å². The zero-order chi connectivity index (χ0) is 16.5. The van der Waals surface area contributed by atoms with Gasteiger partial charge in [-0.1, -0.05) is 11.6 Å². The molecule has 1 aliphatic carbocycles. The van der Waals surface area contributed by atoms with Crippen molar-refractivity contribution in [2.75, 3.05) is 23.3 Å². The van der Waals surface area contributed by atoms with Crippen LogP contribution in [-0.2, 0) is 0 Å². The summed E-state index contributed by atoms with van der Waals surface area (Å²) in [5.41, 5.74) is 0. The Morgan fingerprint density at radius 1 is 1.04 bits per heavy atom. The highest BCUT2D eigenvalue weighted by Gasteiger charge is 2.42. The first-order valence-corrected chi connectivity index (χ1v) is 8.50. The molecular formula is C16H19ClN6O. The molecule has 2 N–H and O–H groups in total. The van der Waals surface area contributed by atoms with Gasteiger partial charge in [0.15, 0.2) is 0 Å². The highest BCUT2D eigenvalue weighted by atomic mass is 35.5. The monoisotopic (exact) mass is 346 g/mol. The summed E-state index contributed by atoms with van der Waals surface area (Å²) in [6, 6.07) is -0.00552. The molecule has 4 atom stereocenters. The van der Waals surface area contributed by atoms with Crippen molar-refractivity contribution in [3.05, 3.63) is 36.0 Å². The lowest BCUT2D eigenvalue weighted by Crippen LogP contribution is -2.43. The van der Waals surface area contributed by atoms with Crippen LogP contribution in [0.2, 0.25) is 5.02 Å². The molecule has 1 saturated heterocycles. The number of aliphatic hydroxyl groups excluding tert-OH is 1. The van der Waals surface area contributed by atoms with E-state index < -0.39 is 0 Å². The molecule has 7 nitrogen and oxygen atoms in total. The van der Waals surface area contributed by atoms with Gasteiger partial charge in [-0.05, 0) is 24.7 Å². The Balaban J connectivity index is 1.44. The van der Waals surface area contributed by atoms with E-state index in [9.17, 15) is 5.11 Å². The quantitative estimate of drug-likeness (QED) is 0.872. The fourth-order valence-electron chi connectivity index (χ4n) is 3.78. The van der Waals surface area contributed by atoms with Crippen LogP contribution in [0, 0.1) is 11.8 Å². The summed E-state index contributed by atoms with van der Waals surface area (Å²) in [6.45, 7) is 1.78. The molecular weight excluding hydrogens is 328 g/mol. The largest absolute Gasteiger partial charge is 0.391 e. The third kappa shape index (κ3) is 3.14. The van der Waals surface area contributed by atoms with Crippen LogP contribution < -0.4 is 10.2 Å². The number of nitrogens with zero attached hydrogens (tertiary/aromatic N) is 5. The Morgan fingerprint density at radius 2 is 1.79 bits per heavy atom. The Labute approximate surface area is 145 Å². The lowest BCUT2D eigenvalue weighted by atomic mass is 9.77. The third-order valence-electron chi connectivity index (χ3n) is 4.93. The molecule has 2 aliphatic rings. The Bertz CT molecular complexity index is 685. The topological polar surface area (TPSA) is 87.1 Å². The predicted molar refractivity (Wildman–Crippen MR) is 90.9 cm³/mol. The molecule has 126 valence electrons. The summed E-state index contributed by atoms with van der Waals surface area (Å²) in [4.78, 5) is 19.1. The van der Waals surface area contributed by atoms with Gasteiger partial charge >= 0.3 is 0 Å². The molecule has 4 rings (SSSR count). The third-order valence-corrected chi connectivity index (χ3v) is 5.12. The molecule has 0 unspecified atom stereocenters. The number of rotatable bonds is 3. The highest BCUT2D eigenvalue weighted by Crippen LogP contribution is 2.38. The van der Waals surface area contributed by atoms with Gasteiger partial charge < -0.3 is 15.3 Å². The fraction of sp³-hybridized carbons (Fsp3) is 0.500. The summed E-state index contributed by atoms with van der Waals surface area (Å²) in [5.74, 6) is 2.37. The normalized spacial score (nSPS) is 29.3. The van der Waals surface area contributed by atoms with Gasteiger partial charge in [-0.15, -0.1) is 0 Å². The molecule has 0 spiro atoms. The van der Waals surface area contributed by atoms with Gasteiger partial charge in [-0.2, -0.15) is 0 Å². The summed E-state index contributed by atoms with van der Waals surface area (Å²) in [6.07, 6.45) is 9.49. The molecule has 0 bridgehead atoms. The van der Waals surface area contributed by atoms with Crippen LogP contribution in [0.3, 0.4) is 0 Å². The second-order valence-corrected chi connectivity index (χ2v) is 6.94. The van der Waals surface area contributed by atoms with E-state index in [1.54, 1.807) is 31.0 Å². The van der Waals surface area contributed by atoms with Crippen molar-refractivity contribution in [2.45, 2.75) is 25.0 Å². The molecule has 0 amide bonds. The van der Waals surface area contributed by atoms with Crippen molar-refractivity contribution in [1.82, 2.24) is 19.9 Å². The number of halogens is 1. The van der Waals surface area contributed by atoms with E-state index in [-0.39, 0.29) is 12.1 Å². The summed E-state index contributed by atoms with van der Waals surface area (Å²) in [7, 11) is 0. The van der Waals surface area contributed by atoms with Crippen LogP contribution in [0.25, 0.3) is 0 Å². The number of fused-ring (bicyclic) bond motifs is 1. The van der Waals surface area contributed by atoms with E-state index in [4.69, 9.17) is 11.6 Å². The second-order valence-electron chi connectivity index (χ2n) is 6.51. The van der Waals surface area contributed by atoms with Crippen LogP contribution in [0.5, 0.6) is 0 Å². The number of hydrogen-bond donors (Lipinski definition) is 2. The van der Waals surface area contributed by atoms with Crippen LogP contribution >= 0.6 is 11.6 Å². The van der Waals surface area contributed by atoms with Crippen molar-refractivity contribution in [3.63, 3.8) is 0 Å². The number of aromatic nitrogens is 4. The molecule has 2 aromatic heterocycles. The van der Waals surface area contributed by atoms with Crippen LogP contribution in [-0.4, -0.2) is 50.3 Å². The zero-order valence-electron chi connectivity index (χ0n) is 13.1. The molecule has 1 saturated carbocycles. The van der Waals surface area contributed by atoms with Gasteiger partial charge in [0.2, 0.25) is 5.95 Å². The summed E-state index contributed by atoms with van der Waals surface area (Å²) >= 11 is 5.86. The maximum absolute atomic E-state index is 10.5. The molecule has 0 aromatic carbocycles. The molecule has 2 fully saturated rings. The number of nitrogens with one attached hydrogen (secondary N) is 1. The van der Waals surface area contributed by atoms with Crippen LogP contribution in [0.15, 0.2) is 31.0 Å². The average Bonchev–Trinajstić information content (AvgIpc) is 2.99. The number of hydrogen-bond acceptors (Lipinski definition) is 7. The van der Waals surface area contributed by atoms with Crippen LogP contribution in [0.4, 0.5) is 11.8 Å². The molecule has 24 heavy (non-hydrogen) atoms. The Kier molecular flexibility index (Phi) is 4.20. The second kappa shape index (κ2) is 6.49. The maximum Gasteiger partial charge on any atom is 0.225 e. The first kappa shape index (κ1) is 15.5. The van der Waals surface area contributed by atoms with E-state index in [2.05, 4.69) is 30.2 Å². The molecule has 0 radical (unpaired) electrons. The van der Waals surface area contributed by atoms with E-state index in [0.29, 0.717) is 28.6 Å². The van der Waals surface area contributed by atoms with Gasteiger partial charge in [0, 0.05) is 25.5 Å². The van der Waals surface area contributed by atoms with Crippen molar-refractivity contribution in [3.8, 4) is 0 Å². The SMILES string of the molecule is O[C@@H]1C[C@H]2CN(c3ncc(Cl)cn3)C[C@H]2C[C@H]1Nc1cnccn1. The minimum atomic E-state index is -0.389. The average molecular weight is 347 g/mol. The minimum absolute atomic E-state index is 0.00552. The molecule has 2 aromatic rings. The number of aliphatic hydroxyl groups is 1. The number of anilines is 2. The lowest BCUT2D eigenvalue weighted by Gasteiger charge is -2.35. The van der Waals surface area contributed by atoms with E-state index in [0.717, 1.165) is 25.9 Å². The molecule has 3 heterocycles. The van der Waals surface area contributed by atoms with Gasteiger partial charge in [-0.25, -0.2) is 15.0 Å². The smallest absolute Gasteiger partial charge is 0.225 e.